The Morgan fingerprint density at radius 3 is 2.96 bits per heavy atom. The Labute approximate surface area is 135 Å². The Hall–Kier alpha value is -2.61. The van der Waals surface area contributed by atoms with Crippen LogP contribution in [-0.4, -0.2) is 26.1 Å². The van der Waals surface area contributed by atoms with Crippen molar-refractivity contribution in [2.75, 3.05) is 0 Å². The standard InChI is InChI=1S/C15H13FN4O2S/c1-8-12(23-14(19-8)13-17-7-18-20-13)15(21)22-9(2)10-4-3-5-11(16)6-10/h3-7,9H,1-2H3,(H,17,18,20)/t9-/m1/s1. The van der Waals surface area contributed by atoms with Crippen LogP contribution in [0.3, 0.4) is 0 Å². The molecule has 0 aliphatic rings. The van der Waals surface area contributed by atoms with E-state index in [2.05, 4.69) is 20.2 Å². The summed E-state index contributed by atoms with van der Waals surface area (Å²) in [6.45, 7) is 3.42. The minimum absolute atomic E-state index is 0.369. The number of nitrogens with one attached hydrogen (secondary N) is 1. The van der Waals surface area contributed by atoms with E-state index in [1.54, 1.807) is 26.0 Å². The quantitative estimate of drug-likeness (QED) is 0.742. The van der Waals surface area contributed by atoms with Gasteiger partial charge in [0.05, 0.1) is 5.69 Å². The topological polar surface area (TPSA) is 80.8 Å². The molecule has 0 saturated heterocycles. The van der Waals surface area contributed by atoms with Crippen molar-refractivity contribution in [3.63, 3.8) is 0 Å². The van der Waals surface area contributed by atoms with Gasteiger partial charge in [-0.2, -0.15) is 5.10 Å². The lowest BCUT2D eigenvalue weighted by Crippen LogP contribution is -2.09. The number of aromatic nitrogens is 4. The molecule has 1 N–H and O–H groups in total. The van der Waals surface area contributed by atoms with Crippen LogP contribution in [0, 0.1) is 12.7 Å². The number of halogens is 1. The fraction of sp³-hybridized carbons (Fsp3) is 0.200. The number of thiazole rings is 1. The summed E-state index contributed by atoms with van der Waals surface area (Å²) in [7, 11) is 0. The first-order chi connectivity index (χ1) is 11.0. The summed E-state index contributed by atoms with van der Waals surface area (Å²) in [4.78, 5) is 21.0. The molecule has 0 radical (unpaired) electrons. The van der Waals surface area contributed by atoms with Gasteiger partial charge >= 0.3 is 5.97 Å². The van der Waals surface area contributed by atoms with Gasteiger partial charge in [0.1, 0.15) is 23.1 Å². The number of esters is 1. The largest absolute Gasteiger partial charge is 0.454 e. The second-order valence-electron chi connectivity index (χ2n) is 4.87. The second kappa shape index (κ2) is 6.25. The van der Waals surface area contributed by atoms with E-state index in [9.17, 15) is 9.18 Å². The molecule has 2 aromatic heterocycles. The van der Waals surface area contributed by atoms with Gasteiger partial charge < -0.3 is 4.74 Å². The van der Waals surface area contributed by atoms with Gasteiger partial charge in [-0.3, -0.25) is 5.10 Å². The number of carbonyl (C=O) groups is 1. The molecule has 2 heterocycles. The fourth-order valence-corrected chi connectivity index (χ4v) is 2.93. The Morgan fingerprint density at radius 1 is 1.43 bits per heavy atom. The SMILES string of the molecule is Cc1nc(-c2ncn[nH]2)sc1C(=O)O[C@H](C)c1cccc(F)c1. The molecule has 6 nitrogen and oxygen atoms in total. The predicted molar refractivity (Wildman–Crippen MR) is 82.5 cm³/mol. The Balaban J connectivity index is 1.78. The van der Waals surface area contributed by atoms with Crippen LogP contribution in [0.2, 0.25) is 0 Å². The summed E-state index contributed by atoms with van der Waals surface area (Å²) in [5, 5.41) is 7.02. The Bertz CT molecular complexity index is 832. The van der Waals surface area contributed by atoms with Gasteiger partial charge in [-0.1, -0.05) is 12.1 Å². The van der Waals surface area contributed by atoms with E-state index in [-0.39, 0.29) is 5.82 Å². The molecular formula is C15H13FN4O2S. The molecule has 0 unspecified atom stereocenters. The molecule has 3 rings (SSSR count). The maximum atomic E-state index is 13.2. The summed E-state index contributed by atoms with van der Waals surface area (Å²) < 4.78 is 18.7. The van der Waals surface area contributed by atoms with Crippen LogP contribution in [0.1, 0.15) is 34.0 Å². The van der Waals surface area contributed by atoms with Gasteiger partial charge in [0.15, 0.2) is 10.8 Å². The van der Waals surface area contributed by atoms with Crippen LogP contribution < -0.4 is 0 Å². The number of H-pyrrole nitrogens is 1. The first-order valence-electron chi connectivity index (χ1n) is 6.84. The molecule has 23 heavy (non-hydrogen) atoms. The highest BCUT2D eigenvalue weighted by Gasteiger charge is 2.21. The van der Waals surface area contributed by atoms with Crippen LogP contribution in [0.4, 0.5) is 4.39 Å². The van der Waals surface area contributed by atoms with Gasteiger partial charge in [0.2, 0.25) is 0 Å². The molecular weight excluding hydrogens is 319 g/mol. The summed E-state index contributed by atoms with van der Waals surface area (Å²) in [5.74, 6) is -0.371. The molecule has 1 atom stereocenters. The van der Waals surface area contributed by atoms with E-state index in [4.69, 9.17) is 4.74 Å². The fourth-order valence-electron chi connectivity index (χ4n) is 2.04. The number of benzene rings is 1. The third-order valence-corrected chi connectivity index (χ3v) is 4.35. The smallest absolute Gasteiger partial charge is 0.350 e. The lowest BCUT2D eigenvalue weighted by molar-refractivity contribution is 0.0342. The minimum atomic E-state index is -0.562. The molecule has 0 amide bonds. The number of aryl methyl sites for hydroxylation is 1. The molecule has 0 bridgehead atoms. The van der Waals surface area contributed by atoms with E-state index in [0.29, 0.717) is 27.0 Å². The minimum Gasteiger partial charge on any atom is -0.454 e. The van der Waals surface area contributed by atoms with E-state index < -0.39 is 12.1 Å². The molecule has 118 valence electrons. The van der Waals surface area contributed by atoms with Gasteiger partial charge in [0, 0.05) is 0 Å². The van der Waals surface area contributed by atoms with Crippen molar-refractivity contribution in [3.8, 4) is 10.8 Å². The van der Waals surface area contributed by atoms with Crippen LogP contribution >= 0.6 is 11.3 Å². The molecule has 8 heteroatoms. The van der Waals surface area contributed by atoms with E-state index in [1.807, 2.05) is 0 Å². The van der Waals surface area contributed by atoms with Gasteiger partial charge in [-0.15, -0.1) is 11.3 Å². The van der Waals surface area contributed by atoms with Gasteiger partial charge in [0.25, 0.3) is 0 Å². The van der Waals surface area contributed by atoms with E-state index in [1.165, 1.54) is 29.8 Å². The highest BCUT2D eigenvalue weighted by molar-refractivity contribution is 7.16. The third kappa shape index (κ3) is 3.26. The summed E-state index contributed by atoms with van der Waals surface area (Å²) in [6, 6.07) is 5.97. The maximum absolute atomic E-state index is 13.2. The number of ether oxygens (including phenoxy) is 1. The molecule has 0 spiro atoms. The Kier molecular flexibility index (Phi) is 4.16. The molecule has 1 aromatic carbocycles. The van der Waals surface area contributed by atoms with Crippen LogP contribution in [0.15, 0.2) is 30.6 Å². The number of carbonyl (C=O) groups excluding carboxylic acids is 1. The zero-order valence-electron chi connectivity index (χ0n) is 12.4. The van der Waals surface area contributed by atoms with Crippen LogP contribution in [0.5, 0.6) is 0 Å². The maximum Gasteiger partial charge on any atom is 0.350 e. The zero-order chi connectivity index (χ0) is 16.4. The average molecular weight is 332 g/mol. The average Bonchev–Trinajstić information content (AvgIpc) is 3.16. The van der Waals surface area contributed by atoms with Gasteiger partial charge in [-0.25, -0.2) is 19.2 Å². The number of rotatable bonds is 4. The van der Waals surface area contributed by atoms with Crippen molar-refractivity contribution in [2.45, 2.75) is 20.0 Å². The predicted octanol–water partition coefficient (Wildman–Crippen LogP) is 3.29. The normalized spacial score (nSPS) is 12.1. The molecule has 0 aliphatic heterocycles. The number of aromatic amines is 1. The molecule has 0 saturated carbocycles. The Morgan fingerprint density at radius 2 is 2.26 bits per heavy atom. The monoisotopic (exact) mass is 332 g/mol. The highest BCUT2D eigenvalue weighted by Crippen LogP contribution is 2.27. The lowest BCUT2D eigenvalue weighted by atomic mass is 10.1. The third-order valence-electron chi connectivity index (χ3n) is 3.20. The van der Waals surface area contributed by atoms with E-state index in [0.717, 1.165) is 0 Å². The molecule has 0 fully saturated rings. The summed E-state index contributed by atoms with van der Waals surface area (Å²) >= 11 is 1.17. The van der Waals surface area contributed by atoms with Crippen LogP contribution in [-0.2, 0) is 4.74 Å². The van der Waals surface area contributed by atoms with Crippen LogP contribution in [0.25, 0.3) is 10.8 Å². The lowest BCUT2D eigenvalue weighted by Gasteiger charge is -2.13. The van der Waals surface area contributed by atoms with Gasteiger partial charge in [-0.05, 0) is 31.5 Å². The van der Waals surface area contributed by atoms with Crippen molar-refractivity contribution in [1.82, 2.24) is 20.2 Å². The second-order valence-corrected chi connectivity index (χ2v) is 5.87. The zero-order valence-corrected chi connectivity index (χ0v) is 13.2. The summed E-state index contributed by atoms with van der Waals surface area (Å²) in [5.41, 5.74) is 1.15. The van der Waals surface area contributed by atoms with Crippen molar-refractivity contribution in [3.05, 3.63) is 52.5 Å². The first kappa shape index (κ1) is 15.3. The van der Waals surface area contributed by atoms with Crippen molar-refractivity contribution < 1.29 is 13.9 Å². The number of nitrogens with zero attached hydrogens (tertiary/aromatic N) is 3. The van der Waals surface area contributed by atoms with E-state index >= 15 is 0 Å². The first-order valence-corrected chi connectivity index (χ1v) is 7.66. The molecule has 0 aliphatic carbocycles. The molecule has 3 aromatic rings. The van der Waals surface area contributed by atoms with Crippen molar-refractivity contribution in [2.24, 2.45) is 0 Å². The van der Waals surface area contributed by atoms with Crippen molar-refractivity contribution in [1.29, 1.82) is 0 Å². The number of hydrogen-bond donors (Lipinski definition) is 1. The van der Waals surface area contributed by atoms with Crippen molar-refractivity contribution >= 4 is 17.3 Å². The summed E-state index contributed by atoms with van der Waals surface area (Å²) in [6.07, 6.45) is 0.809. The number of hydrogen-bond acceptors (Lipinski definition) is 6. The highest BCUT2D eigenvalue weighted by atomic mass is 32.1.